The molecular formula is C13H22N4. The maximum atomic E-state index is 4.87. The molecule has 1 aromatic heterocycles. The lowest BCUT2D eigenvalue weighted by atomic mass is 10.0. The van der Waals surface area contributed by atoms with Crippen LogP contribution < -0.4 is 10.6 Å². The molecule has 0 saturated carbocycles. The molecule has 94 valence electrons. The lowest BCUT2D eigenvalue weighted by molar-refractivity contribution is 0.334. The van der Waals surface area contributed by atoms with E-state index < -0.39 is 0 Å². The Hall–Kier alpha value is -0.870. The SMILES string of the molecule is CCc1nn(C2CCCNC2)c2c1CCNC2. The van der Waals surface area contributed by atoms with E-state index in [1.54, 1.807) is 0 Å². The molecule has 1 saturated heterocycles. The molecule has 0 spiro atoms. The summed E-state index contributed by atoms with van der Waals surface area (Å²) in [6, 6.07) is 0.567. The number of hydrogen-bond acceptors (Lipinski definition) is 3. The maximum Gasteiger partial charge on any atom is 0.0657 e. The van der Waals surface area contributed by atoms with Crippen LogP contribution in [-0.4, -0.2) is 29.4 Å². The fraction of sp³-hybridized carbons (Fsp3) is 0.769. The van der Waals surface area contributed by atoms with Gasteiger partial charge in [0.1, 0.15) is 0 Å². The molecule has 3 rings (SSSR count). The van der Waals surface area contributed by atoms with Gasteiger partial charge in [-0.3, -0.25) is 4.68 Å². The highest BCUT2D eigenvalue weighted by Crippen LogP contribution is 2.25. The molecule has 1 fully saturated rings. The Morgan fingerprint density at radius 1 is 1.35 bits per heavy atom. The van der Waals surface area contributed by atoms with E-state index in [1.165, 1.54) is 36.3 Å². The number of aromatic nitrogens is 2. The van der Waals surface area contributed by atoms with Gasteiger partial charge in [0.15, 0.2) is 0 Å². The molecular weight excluding hydrogens is 212 g/mol. The second-order valence-corrected chi connectivity index (χ2v) is 5.10. The van der Waals surface area contributed by atoms with Crippen molar-refractivity contribution in [2.45, 2.75) is 45.2 Å². The van der Waals surface area contributed by atoms with E-state index in [2.05, 4.69) is 22.2 Å². The molecule has 0 aromatic carbocycles. The Bertz CT molecular complexity index is 390. The van der Waals surface area contributed by atoms with E-state index in [9.17, 15) is 0 Å². The third kappa shape index (κ3) is 2.00. The molecule has 4 heteroatoms. The highest BCUT2D eigenvalue weighted by Gasteiger charge is 2.24. The quantitative estimate of drug-likeness (QED) is 0.802. The molecule has 2 aliphatic heterocycles. The van der Waals surface area contributed by atoms with Crippen molar-refractivity contribution in [3.8, 4) is 0 Å². The molecule has 0 bridgehead atoms. The van der Waals surface area contributed by atoms with Gasteiger partial charge in [-0.2, -0.15) is 5.10 Å². The first-order chi connectivity index (χ1) is 8.40. The van der Waals surface area contributed by atoms with Gasteiger partial charge in [0.2, 0.25) is 0 Å². The van der Waals surface area contributed by atoms with E-state index in [1.807, 2.05) is 0 Å². The summed E-state index contributed by atoms with van der Waals surface area (Å²) in [5.74, 6) is 0. The van der Waals surface area contributed by atoms with Crippen molar-refractivity contribution in [1.29, 1.82) is 0 Å². The van der Waals surface area contributed by atoms with Gasteiger partial charge in [-0.25, -0.2) is 0 Å². The predicted octanol–water partition coefficient (Wildman–Crippen LogP) is 1.02. The summed E-state index contributed by atoms with van der Waals surface area (Å²) in [6.07, 6.45) is 4.76. The first-order valence-electron chi connectivity index (χ1n) is 6.90. The van der Waals surface area contributed by atoms with Crippen molar-refractivity contribution in [3.63, 3.8) is 0 Å². The molecule has 1 unspecified atom stereocenters. The zero-order chi connectivity index (χ0) is 11.7. The fourth-order valence-electron chi connectivity index (χ4n) is 3.08. The van der Waals surface area contributed by atoms with Gasteiger partial charge in [-0.15, -0.1) is 0 Å². The molecule has 2 N–H and O–H groups in total. The van der Waals surface area contributed by atoms with Gasteiger partial charge >= 0.3 is 0 Å². The van der Waals surface area contributed by atoms with E-state index >= 15 is 0 Å². The van der Waals surface area contributed by atoms with Gasteiger partial charge in [0.05, 0.1) is 17.4 Å². The van der Waals surface area contributed by atoms with Gasteiger partial charge in [0, 0.05) is 13.1 Å². The standard InChI is InChI=1S/C13H22N4/c1-2-12-11-5-7-15-9-13(11)17(16-12)10-4-3-6-14-8-10/h10,14-15H,2-9H2,1H3. The number of fused-ring (bicyclic) bond motifs is 1. The lowest BCUT2D eigenvalue weighted by Crippen LogP contribution is -2.34. The highest BCUT2D eigenvalue weighted by molar-refractivity contribution is 5.29. The van der Waals surface area contributed by atoms with E-state index in [4.69, 9.17) is 5.10 Å². The highest BCUT2D eigenvalue weighted by atomic mass is 15.3. The van der Waals surface area contributed by atoms with Crippen LogP contribution >= 0.6 is 0 Å². The summed E-state index contributed by atoms with van der Waals surface area (Å²) in [5.41, 5.74) is 4.30. The van der Waals surface area contributed by atoms with E-state index in [-0.39, 0.29) is 0 Å². The van der Waals surface area contributed by atoms with Crippen molar-refractivity contribution in [3.05, 3.63) is 17.0 Å². The minimum absolute atomic E-state index is 0.567. The first-order valence-corrected chi connectivity index (χ1v) is 6.90. The monoisotopic (exact) mass is 234 g/mol. The molecule has 17 heavy (non-hydrogen) atoms. The molecule has 4 nitrogen and oxygen atoms in total. The predicted molar refractivity (Wildman–Crippen MR) is 68.2 cm³/mol. The van der Waals surface area contributed by atoms with Crippen LogP contribution in [0.25, 0.3) is 0 Å². The average molecular weight is 234 g/mol. The van der Waals surface area contributed by atoms with Crippen molar-refractivity contribution >= 4 is 0 Å². The van der Waals surface area contributed by atoms with E-state index in [0.717, 1.165) is 32.5 Å². The van der Waals surface area contributed by atoms with Crippen molar-refractivity contribution < 1.29 is 0 Å². The number of rotatable bonds is 2. The normalized spacial score (nSPS) is 24.6. The third-order valence-electron chi connectivity index (χ3n) is 4.00. The summed E-state index contributed by atoms with van der Waals surface area (Å²) in [5, 5.41) is 11.8. The van der Waals surface area contributed by atoms with Crippen molar-refractivity contribution in [2.24, 2.45) is 0 Å². The topological polar surface area (TPSA) is 41.9 Å². The molecule has 2 aliphatic rings. The molecule has 3 heterocycles. The Kier molecular flexibility index (Phi) is 3.16. The zero-order valence-corrected chi connectivity index (χ0v) is 10.6. The number of hydrogen-bond donors (Lipinski definition) is 2. The molecule has 0 aliphatic carbocycles. The number of aryl methyl sites for hydroxylation is 1. The zero-order valence-electron chi connectivity index (χ0n) is 10.6. The maximum absolute atomic E-state index is 4.87. The Labute approximate surface area is 103 Å². The Morgan fingerprint density at radius 3 is 3.06 bits per heavy atom. The lowest BCUT2D eigenvalue weighted by Gasteiger charge is -2.26. The van der Waals surface area contributed by atoms with Crippen LogP contribution in [0, 0.1) is 0 Å². The second kappa shape index (κ2) is 4.78. The smallest absolute Gasteiger partial charge is 0.0657 e. The van der Waals surface area contributed by atoms with Crippen LogP contribution in [0.3, 0.4) is 0 Å². The summed E-state index contributed by atoms with van der Waals surface area (Å²) in [6.45, 7) is 6.57. The summed E-state index contributed by atoms with van der Waals surface area (Å²) >= 11 is 0. The molecule has 1 atom stereocenters. The summed E-state index contributed by atoms with van der Waals surface area (Å²) < 4.78 is 2.31. The van der Waals surface area contributed by atoms with E-state index in [0.29, 0.717) is 6.04 Å². The summed E-state index contributed by atoms with van der Waals surface area (Å²) in [7, 11) is 0. The van der Waals surface area contributed by atoms with Gasteiger partial charge in [-0.1, -0.05) is 6.92 Å². The average Bonchev–Trinajstić information content (AvgIpc) is 2.78. The van der Waals surface area contributed by atoms with Crippen LogP contribution in [0.5, 0.6) is 0 Å². The molecule has 1 aromatic rings. The van der Waals surface area contributed by atoms with Crippen LogP contribution in [-0.2, 0) is 19.4 Å². The van der Waals surface area contributed by atoms with Gasteiger partial charge in [-0.05, 0) is 44.3 Å². The first kappa shape index (κ1) is 11.2. The van der Waals surface area contributed by atoms with Crippen LogP contribution in [0.4, 0.5) is 0 Å². The Balaban J connectivity index is 1.95. The minimum Gasteiger partial charge on any atom is -0.315 e. The number of nitrogens with zero attached hydrogens (tertiary/aromatic N) is 2. The van der Waals surface area contributed by atoms with Gasteiger partial charge < -0.3 is 10.6 Å². The Morgan fingerprint density at radius 2 is 2.29 bits per heavy atom. The number of piperidine rings is 1. The fourth-order valence-corrected chi connectivity index (χ4v) is 3.08. The van der Waals surface area contributed by atoms with Crippen LogP contribution in [0.2, 0.25) is 0 Å². The van der Waals surface area contributed by atoms with Gasteiger partial charge in [0.25, 0.3) is 0 Å². The largest absolute Gasteiger partial charge is 0.315 e. The minimum atomic E-state index is 0.567. The second-order valence-electron chi connectivity index (χ2n) is 5.10. The third-order valence-corrected chi connectivity index (χ3v) is 4.00. The molecule has 0 amide bonds. The summed E-state index contributed by atoms with van der Waals surface area (Å²) in [4.78, 5) is 0. The van der Waals surface area contributed by atoms with Crippen molar-refractivity contribution in [1.82, 2.24) is 20.4 Å². The number of nitrogens with one attached hydrogen (secondary N) is 2. The van der Waals surface area contributed by atoms with Crippen molar-refractivity contribution in [2.75, 3.05) is 19.6 Å². The van der Waals surface area contributed by atoms with Crippen LogP contribution in [0.15, 0.2) is 0 Å². The molecule has 0 radical (unpaired) electrons. The van der Waals surface area contributed by atoms with Crippen LogP contribution in [0.1, 0.15) is 42.8 Å².